The molecule has 0 spiro atoms. The molecule has 0 bridgehead atoms. The van der Waals surface area contributed by atoms with Crippen molar-refractivity contribution in [1.82, 2.24) is 15.2 Å². The first kappa shape index (κ1) is 9.71. The zero-order valence-electron chi connectivity index (χ0n) is 8.44. The number of nitrogens with two attached hydrogens (primary N) is 1. The van der Waals surface area contributed by atoms with Crippen molar-refractivity contribution in [3.8, 4) is 12.3 Å². The highest BCUT2D eigenvalue weighted by molar-refractivity contribution is 5.82. The van der Waals surface area contributed by atoms with Crippen molar-refractivity contribution in [3.63, 3.8) is 0 Å². The topological polar surface area (TPSA) is 55.9 Å². The minimum absolute atomic E-state index is 0.351. The minimum atomic E-state index is -0.351. The van der Waals surface area contributed by atoms with Crippen LogP contribution >= 0.6 is 0 Å². The van der Waals surface area contributed by atoms with Crippen molar-refractivity contribution in [2.24, 2.45) is 12.9 Å². The third-order valence-electron chi connectivity index (χ3n) is 2.39. The molecule has 0 radical (unpaired) electrons. The average molecular weight is 200 g/mol. The number of benzene rings is 1. The second-order valence-corrected chi connectivity index (χ2v) is 3.29. The van der Waals surface area contributed by atoms with Crippen molar-refractivity contribution in [2.75, 3.05) is 0 Å². The number of hydrogen-bond donors (Lipinski definition) is 2. The van der Waals surface area contributed by atoms with Crippen LogP contribution in [-0.2, 0) is 7.05 Å². The lowest BCUT2D eigenvalue weighted by Gasteiger charge is -2.05. The largest absolute Gasteiger partial charge is 0.270 e. The highest BCUT2D eigenvalue weighted by Gasteiger charge is 2.14. The molecule has 0 aliphatic carbocycles. The summed E-state index contributed by atoms with van der Waals surface area (Å²) in [6.45, 7) is 0. The first-order valence-electron chi connectivity index (χ1n) is 4.62. The van der Waals surface area contributed by atoms with E-state index >= 15 is 0 Å². The van der Waals surface area contributed by atoms with Crippen LogP contribution in [0.25, 0.3) is 10.9 Å². The molecule has 1 aromatic carbocycles. The molecular formula is C11H12N4. The third-order valence-corrected chi connectivity index (χ3v) is 2.39. The predicted molar refractivity (Wildman–Crippen MR) is 59.6 cm³/mol. The van der Waals surface area contributed by atoms with Crippen LogP contribution in [-0.4, -0.2) is 9.78 Å². The Balaban J connectivity index is 2.67. The number of terminal acetylenes is 1. The highest BCUT2D eigenvalue weighted by Crippen LogP contribution is 2.22. The molecule has 15 heavy (non-hydrogen) atoms. The number of nitrogens with zero attached hydrogens (tertiary/aromatic N) is 2. The molecule has 0 saturated carbocycles. The number of aromatic nitrogens is 2. The van der Waals surface area contributed by atoms with Gasteiger partial charge in [-0.1, -0.05) is 24.1 Å². The minimum Gasteiger partial charge on any atom is -0.270 e. The summed E-state index contributed by atoms with van der Waals surface area (Å²) in [6, 6.07) is 7.55. The summed E-state index contributed by atoms with van der Waals surface area (Å²) in [5, 5.41) is 5.39. The highest BCUT2D eigenvalue weighted by atomic mass is 15.3. The van der Waals surface area contributed by atoms with E-state index in [0.717, 1.165) is 16.6 Å². The average Bonchev–Trinajstić information content (AvgIpc) is 2.60. The van der Waals surface area contributed by atoms with Gasteiger partial charge in [-0.25, -0.2) is 5.43 Å². The van der Waals surface area contributed by atoms with E-state index in [0.29, 0.717) is 0 Å². The predicted octanol–water partition coefficient (Wildman–Crippen LogP) is 0.711. The molecule has 1 atom stereocenters. The maximum atomic E-state index is 5.37. The molecule has 3 N–H and O–H groups in total. The quantitative estimate of drug-likeness (QED) is 0.426. The number of aryl methyl sites for hydroxylation is 1. The lowest BCUT2D eigenvalue weighted by atomic mass is 10.1. The van der Waals surface area contributed by atoms with Gasteiger partial charge in [-0.15, -0.1) is 6.42 Å². The molecule has 0 amide bonds. The summed E-state index contributed by atoms with van der Waals surface area (Å²) < 4.78 is 1.80. The molecular weight excluding hydrogens is 188 g/mol. The van der Waals surface area contributed by atoms with E-state index in [9.17, 15) is 0 Å². The van der Waals surface area contributed by atoms with Gasteiger partial charge in [0.15, 0.2) is 0 Å². The maximum Gasteiger partial charge on any atom is 0.126 e. The Hall–Kier alpha value is -1.83. The Labute approximate surface area is 88.0 Å². The Kier molecular flexibility index (Phi) is 2.42. The van der Waals surface area contributed by atoms with Crippen LogP contribution in [0.4, 0.5) is 0 Å². The van der Waals surface area contributed by atoms with Crippen molar-refractivity contribution in [1.29, 1.82) is 0 Å². The van der Waals surface area contributed by atoms with E-state index < -0.39 is 0 Å². The molecule has 0 aliphatic rings. The van der Waals surface area contributed by atoms with E-state index in [1.165, 1.54) is 0 Å². The molecule has 0 saturated heterocycles. The zero-order valence-corrected chi connectivity index (χ0v) is 8.44. The summed E-state index contributed by atoms with van der Waals surface area (Å²) >= 11 is 0. The Morgan fingerprint density at radius 3 is 2.93 bits per heavy atom. The summed E-state index contributed by atoms with van der Waals surface area (Å²) in [5.41, 5.74) is 4.40. The number of rotatable bonds is 2. The molecule has 1 aromatic heterocycles. The molecule has 2 rings (SSSR count). The first-order valence-corrected chi connectivity index (χ1v) is 4.62. The first-order chi connectivity index (χ1) is 7.27. The van der Waals surface area contributed by atoms with Crippen molar-refractivity contribution in [2.45, 2.75) is 6.04 Å². The number of nitrogens with one attached hydrogen (secondary N) is 1. The van der Waals surface area contributed by atoms with Crippen LogP contribution in [0.1, 0.15) is 11.7 Å². The summed E-state index contributed by atoms with van der Waals surface area (Å²) in [7, 11) is 1.88. The van der Waals surface area contributed by atoms with Gasteiger partial charge in [-0.2, -0.15) is 5.10 Å². The normalized spacial score (nSPS) is 12.6. The molecule has 0 aliphatic heterocycles. The summed E-state index contributed by atoms with van der Waals surface area (Å²) in [4.78, 5) is 0. The molecule has 0 fully saturated rings. The van der Waals surface area contributed by atoms with Gasteiger partial charge in [0, 0.05) is 12.4 Å². The van der Waals surface area contributed by atoms with Gasteiger partial charge in [0.05, 0.1) is 5.52 Å². The van der Waals surface area contributed by atoms with Gasteiger partial charge in [-0.05, 0) is 6.07 Å². The molecule has 4 heteroatoms. The second kappa shape index (κ2) is 3.73. The molecule has 4 nitrogen and oxygen atoms in total. The van der Waals surface area contributed by atoms with Gasteiger partial charge in [0.2, 0.25) is 0 Å². The van der Waals surface area contributed by atoms with Crippen molar-refractivity contribution in [3.05, 3.63) is 30.0 Å². The van der Waals surface area contributed by atoms with E-state index in [4.69, 9.17) is 12.3 Å². The summed E-state index contributed by atoms with van der Waals surface area (Å²) in [5.74, 6) is 7.94. The lowest BCUT2D eigenvalue weighted by molar-refractivity contribution is 0.639. The van der Waals surface area contributed by atoms with Gasteiger partial charge < -0.3 is 0 Å². The maximum absolute atomic E-state index is 5.37. The third kappa shape index (κ3) is 1.48. The van der Waals surface area contributed by atoms with E-state index in [1.54, 1.807) is 4.68 Å². The fourth-order valence-electron chi connectivity index (χ4n) is 1.66. The molecule has 1 heterocycles. The van der Waals surface area contributed by atoms with Crippen LogP contribution in [0.15, 0.2) is 24.3 Å². The number of para-hydroxylation sites is 1. The molecule has 1 unspecified atom stereocenters. The fraction of sp³-hybridized carbons (Fsp3) is 0.182. The van der Waals surface area contributed by atoms with Crippen molar-refractivity contribution < 1.29 is 0 Å². The van der Waals surface area contributed by atoms with Crippen LogP contribution in [0.5, 0.6) is 0 Å². The van der Waals surface area contributed by atoms with E-state index in [2.05, 4.69) is 16.4 Å². The fourth-order valence-corrected chi connectivity index (χ4v) is 1.66. The monoisotopic (exact) mass is 200 g/mol. The van der Waals surface area contributed by atoms with Gasteiger partial charge in [-0.3, -0.25) is 10.5 Å². The van der Waals surface area contributed by atoms with Crippen LogP contribution in [0, 0.1) is 12.3 Å². The smallest absolute Gasteiger partial charge is 0.126 e. The number of fused-ring (bicyclic) bond motifs is 1. The van der Waals surface area contributed by atoms with Crippen LogP contribution in [0.2, 0.25) is 0 Å². The molecule has 2 aromatic rings. The van der Waals surface area contributed by atoms with Gasteiger partial charge in [0.25, 0.3) is 0 Å². The van der Waals surface area contributed by atoms with Crippen LogP contribution in [0.3, 0.4) is 0 Å². The lowest BCUT2D eigenvalue weighted by Crippen LogP contribution is -2.27. The van der Waals surface area contributed by atoms with Gasteiger partial charge in [0.1, 0.15) is 11.7 Å². The zero-order chi connectivity index (χ0) is 10.8. The van der Waals surface area contributed by atoms with E-state index in [-0.39, 0.29) is 6.04 Å². The number of hydrogen-bond acceptors (Lipinski definition) is 3. The summed E-state index contributed by atoms with van der Waals surface area (Å²) in [6.07, 6.45) is 5.37. The Morgan fingerprint density at radius 2 is 2.27 bits per heavy atom. The Morgan fingerprint density at radius 1 is 1.53 bits per heavy atom. The van der Waals surface area contributed by atoms with Crippen molar-refractivity contribution >= 4 is 10.9 Å². The van der Waals surface area contributed by atoms with Gasteiger partial charge >= 0.3 is 0 Å². The Bertz CT molecular complexity index is 521. The standard InChI is InChI=1S/C11H12N4/c1-3-9(13-12)11-8-6-4-5-7-10(8)15(2)14-11/h1,4-7,9,13H,12H2,2H3. The number of hydrazine groups is 1. The second-order valence-electron chi connectivity index (χ2n) is 3.29. The van der Waals surface area contributed by atoms with Crippen LogP contribution < -0.4 is 11.3 Å². The van der Waals surface area contributed by atoms with E-state index in [1.807, 2.05) is 31.3 Å². The molecule has 76 valence electrons. The SMILES string of the molecule is C#CC(NN)c1nn(C)c2ccccc12.